The van der Waals surface area contributed by atoms with E-state index in [9.17, 15) is 12.8 Å². The molecule has 0 aliphatic rings. The molecule has 92 valence electrons. The molecule has 1 aromatic rings. The fraction of sp³-hybridized carbons (Fsp3) is 0.273. The van der Waals surface area contributed by atoms with Crippen molar-refractivity contribution in [2.75, 3.05) is 5.32 Å². The van der Waals surface area contributed by atoms with Crippen LogP contribution in [0.3, 0.4) is 0 Å². The molecule has 6 heteroatoms. The summed E-state index contributed by atoms with van der Waals surface area (Å²) in [5.41, 5.74) is 0.155. The minimum absolute atomic E-state index is 0.155. The Kier molecular flexibility index (Phi) is 4.10. The molecular weight excluding hydrogens is 243 g/mol. The van der Waals surface area contributed by atoms with Crippen LogP contribution in [0.1, 0.15) is 13.3 Å². The predicted octanol–water partition coefficient (Wildman–Crippen LogP) is 1.30. The summed E-state index contributed by atoms with van der Waals surface area (Å²) in [5.74, 6) is 1.75. The summed E-state index contributed by atoms with van der Waals surface area (Å²) in [6.45, 7) is 1.86. The molecule has 0 spiro atoms. The molecule has 0 saturated carbocycles. The average Bonchev–Trinajstić information content (AvgIpc) is 2.26. The smallest absolute Gasteiger partial charge is 0.238 e. The summed E-state index contributed by atoms with van der Waals surface area (Å²) >= 11 is 0. The fourth-order valence-corrected chi connectivity index (χ4v) is 1.76. The van der Waals surface area contributed by atoms with Crippen LogP contribution in [0.15, 0.2) is 23.1 Å². The number of terminal acetylenes is 1. The molecule has 4 nitrogen and oxygen atoms in total. The van der Waals surface area contributed by atoms with Crippen LogP contribution >= 0.6 is 0 Å². The second kappa shape index (κ2) is 5.17. The SMILES string of the molecule is C#CC(CC)Nc1ccc(S(N)(=O)=O)cc1F. The molecule has 3 N–H and O–H groups in total. The molecule has 0 heterocycles. The Morgan fingerprint density at radius 2 is 2.24 bits per heavy atom. The van der Waals surface area contributed by atoms with Crippen molar-refractivity contribution < 1.29 is 12.8 Å². The number of halogens is 1. The zero-order valence-electron chi connectivity index (χ0n) is 9.27. The van der Waals surface area contributed by atoms with Gasteiger partial charge in [-0.25, -0.2) is 17.9 Å². The minimum Gasteiger partial charge on any atom is -0.369 e. The molecule has 1 unspecified atom stereocenters. The van der Waals surface area contributed by atoms with E-state index in [-0.39, 0.29) is 16.6 Å². The fourth-order valence-electron chi connectivity index (χ4n) is 1.24. The molecule has 0 aliphatic heterocycles. The quantitative estimate of drug-likeness (QED) is 0.797. The number of nitrogens with two attached hydrogens (primary N) is 1. The molecule has 0 aliphatic carbocycles. The van der Waals surface area contributed by atoms with Gasteiger partial charge in [-0.1, -0.05) is 12.8 Å². The highest BCUT2D eigenvalue weighted by Gasteiger charge is 2.12. The van der Waals surface area contributed by atoms with Crippen molar-refractivity contribution in [3.63, 3.8) is 0 Å². The zero-order chi connectivity index (χ0) is 13.1. The summed E-state index contributed by atoms with van der Waals surface area (Å²) in [7, 11) is -3.89. The number of nitrogens with one attached hydrogen (secondary N) is 1. The molecule has 0 aromatic heterocycles. The van der Waals surface area contributed by atoms with Gasteiger partial charge in [-0.2, -0.15) is 0 Å². The van der Waals surface area contributed by atoms with Crippen molar-refractivity contribution in [1.29, 1.82) is 0 Å². The van der Waals surface area contributed by atoms with Crippen molar-refractivity contribution in [3.05, 3.63) is 24.0 Å². The summed E-state index contributed by atoms with van der Waals surface area (Å²) < 4.78 is 35.5. The van der Waals surface area contributed by atoms with E-state index in [1.807, 2.05) is 6.92 Å². The first-order chi connectivity index (χ1) is 7.88. The Balaban J connectivity index is 3.03. The van der Waals surface area contributed by atoms with Crippen LogP contribution in [0.25, 0.3) is 0 Å². The summed E-state index contributed by atoms with van der Waals surface area (Å²) in [6, 6.07) is 3.09. The van der Waals surface area contributed by atoms with E-state index in [0.29, 0.717) is 6.42 Å². The van der Waals surface area contributed by atoms with Crippen LogP contribution in [0.5, 0.6) is 0 Å². The highest BCUT2D eigenvalue weighted by molar-refractivity contribution is 7.89. The third-order valence-corrected chi connectivity index (χ3v) is 3.12. The molecule has 17 heavy (non-hydrogen) atoms. The van der Waals surface area contributed by atoms with Gasteiger partial charge in [0.1, 0.15) is 5.82 Å². The number of hydrogen-bond donors (Lipinski definition) is 2. The van der Waals surface area contributed by atoms with E-state index in [2.05, 4.69) is 11.2 Å². The molecule has 0 fully saturated rings. The first-order valence-corrected chi connectivity index (χ1v) is 6.48. The normalized spacial score (nSPS) is 12.8. The van der Waals surface area contributed by atoms with Crippen molar-refractivity contribution in [2.45, 2.75) is 24.3 Å². The van der Waals surface area contributed by atoms with Crippen LogP contribution in [0.2, 0.25) is 0 Å². The van der Waals surface area contributed by atoms with Gasteiger partial charge in [-0.05, 0) is 24.6 Å². The van der Waals surface area contributed by atoms with E-state index < -0.39 is 15.8 Å². The Morgan fingerprint density at radius 1 is 1.59 bits per heavy atom. The molecule has 0 saturated heterocycles. The zero-order valence-corrected chi connectivity index (χ0v) is 10.1. The van der Waals surface area contributed by atoms with Gasteiger partial charge in [0.05, 0.1) is 16.6 Å². The van der Waals surface area contributed by atoms with Crippen LogP contribution in [-0.2, 0) is 10.0 Å². The molecule has 0 radical (unpaired) electrons. The lowest BCUT2D eigenvalue weighted by molar-refractivity contribution is 0.592. The van der Waals surface area contributed by atoms with Crippen LogP contribution in [0, 0.1) is 18.2 Å². The number of benzene rings is 1. The van der Waals surface area contributed by atoms with Gasteiger partial charge in [0.25, 0.3) is 0 Å². The van der Waals surface area contributed by atoms with Gasteiger partial charge in [0.15, 0.2) is 0 Å². The van der Waals surface area contributed by atoms with Crippen molar-refractivity contribution in [3.8, 4) is 12.3 Å². The first-order valence-electron chi connectivity index (χ1n) is 4.93. The number of primary sulfonamides is 1. The molecule has 0 bridgehead atoms. The molecule has 1 atom stereocenters. The lowest BCUT2D eigenvalue weighted by atomic mass is 10.2. The topological polar surface area (TPSA) is 72.2 Å². The maximum absolute atomic E-state index is 13.6. The van der Waals surface area contributed by atoms with Gasteiger partial charge >= 0.3 is 0 Å². The standard InChI is InChI=1S/C11H13FN2O2S/c1-3-8(4-2)14-11-6-5-9(7-10(11)12)17(13,15)16/h1,5-8,14H,4H2,2H3,(H2,13,15,16). The van der Waals surface area contributed by atoms with Gasteiger partial charge in [0.2, 0.25) is 10.0 Å². The van der Waals surface area contributed by atoms with Crippen molar-refractivity contribution in [2.24, 2.45) is 5.14 Å². The van der Waals surface area contributed by atoms with Crippen LogP contribution in [-0.4, -0.2) is 14.5 Å². The highest BCUT2D eigenvalue weighted by Crippen LogP contribution is 2.19. The molecular formula is C11H13FN2O2S. The third-order valence-electron chi connectivity index (χ3n) is 2.21. The van der Waals surface area contributed by atoms with Gasteiger partial charge < -0.3 is 5.32 Å². The molecule has 0 amide bonds. The number of sulfonamides is 1. The lowest BCUT2D eigenvalue weighted by Crippen LogP contribution is -2.17. The monoisotopic (exact) mass is 256 g/mol. The maximum Gasteiger partial charge on any atom is 0.238 e. The average molecular weight is 256 g/mol. The van der Waals surface area contributed by atoms with Crippen molar-refractivity contribution >= 4 is 15.7 Å². The predicted molar refractivity (Wildman–Crippen MR) is 64.3 cm³/mol. The van der Waals surface area contributed by atoms with Crippen LogP contribution < -0.4 is 10.5 Å². The van der Waals surface area contributed by atoms with Gasteiger partial charge in [0, 0.05) is 0 Å². The molecule has 1 rings (SSSR count). The first kappa shape index (κ1) is 13.5. The Bertz CT molecular complexity index is 549. The van der Waals surface area contributed by atoms with E-state index in [0.717, 1.165) is 6.07 Å². The second-order valence-electron chi connectivity index (χ2n) is 3.46. The number of rotatable bonds is 4. The molecule has 1 aromatic carbocycles. The number of hydrogen-bond acceptors (Lipinski definition) is 3. The van der Waals surface area contributed by atoms with Gasteiger partial charge in [-0.15, -0.1) is 6.42 Å². The Hall–Kier alpha value is -1.58. The minimum atomic E-state index is -3.89. The Morgan fingerprint density at radius 3 is 2.65 bits per heavy atom. The summed E-state index contributed by atoms with van der Waals surface area (Å²) in [4.78, 5) is -0.269. The van der Waals surface area contributed by atoms with Crippen molar-refractivity contribution in [1.82, 2.24) is 0 Å². The lowest BCUT2D eigenvalue weighted by Gasteiger charge is -2.13. The highest BCUT2D eigenvalue weighted by atomic mass is 32.2. The van der Waals surface area contributed by atoms with Gasteiger partial charge in [-0.3, -0.25) is 0 Å². The van der Waals surface area contributed by atoms with E-state index in [1.54, 1.807) is 0 Å². The van der Waals surface area contributed by atoms with E-state index in [1.165, 1.54) is 12.1 Å². The second-order valence-corrected chi connectivity index (χ2v) is 5.02. The third kappa shape index (κ3) is 3.44. The van der Waals surface area contributed by atoms with E-state index in [4.69, 9.17) is 11.6 Å². The summed E-state index contributed by atoms with van der Waals surface area (Å²) in [6.07, 6.45) is 5.86. The van der Waals surface area contributed by atoms with Crippen LogP contribution in [0.4, 0.5) is 10.1 Å². The maximum atomic E-state index is 13.6. The van der Waals surface area contributed by atoms with E-state index >= 15 is 0 Å². The summed E-state index contributed by atoms with van der Waals surface area (Å²) in [5, 5.41) is 7.66. The largest absolute Gasteiger partial charge is 0.369 e. The Labute approximate surface area is 100 Å². The number of anilines is 1.